The summed E-state index contributed by atoms with van der Waals surface area (Å²) in [6.45, 7) is 5.41. The first-order chi connectivity index (χ1) is 13.7. The highest BCUT2D eigenvalue weighted by atomic mass is 31.1. The number of ether oxygens (including phenoxy) is 2. The average Bonchev–Trinajstić information content (AvgIpc) is 3.20. The first-order valence-corrected chi connectivity index (χ1v) is 10.4. The van der Waals surface area contributed by atoms with Gasteiger partial charge in [-0.2, -0.15) is 9.97 Å². The number of anilines is 2. The lowest BCUT2D eigenvalue weighted by Gasteiger charge is -2.17. The van der Waals surface area contributed by atoms with Gasteiger partial charge in [-0.05, 0) is 24.8 Å². The van der Waals surface area contributed by atoms with Crippen LogP contribution in [0, 0.1) is 5.92 Å². The van der Waals surface area contributed by atoms with Crippen molar-refractivity contribution in [3.63, 3.8) is 0 Å². The molecule has 4 unspecified atom stereocenters. The molecule has 3 heterocycles. The van der Waals surface area contributed by atoms with Crippen LogP contribution in [-0.4, -0.2) is 50.8 Å². The normalized spacial score (nSPS) is 22.3. The third-order valence-electron chi connectivity index (χ3n) is 4.29. The van der Waals surface area contributed by atoms with E-state index >= 15 is 0 Å². The SMILES string of the molecule is CC(C)OC(=O)CN[P+](=O)OCC1CC(C)C(n2cnc3c(N)nc(N)nc32)O1. The number of aromatic nitrogens is 4. The van der Waals surface area contributed by atoms with Crippen molar-refractivity contribution in [2.75, 3.05) is 24.6 Å². The summed E-state index contributed by atoms with van der Waals surface area (Å²) in [5, 5.41) is 2.50. The van der Waals surface area contributed by atoms with Crippen molar-refractivity contribution in [1.29, 1.82) is 0 Å². The molecule has 5 N–H and O–H groups in total. The van der Waals surface area contributed by atoms with Gasteiger partial charge in [0.2, 0.25) is 5.95 Å². The number of nitrogen functional groups attached to an aromatic ring is 2. The lowest BCUT2D eigenvalue weighted by atomic mass is 10.1. The molecule has 0 spiro atoms. The summed E-state index contributed by atoms with van der Waals surface area (Å²) in [4.78, 5) is 23.8. The Morgan fingerprint density at radius 2 is 2.21 bits per heavy atom. The Labute approximate surface area is 168 Å². The van der Waals surface area contributed by atoms with Gasteiger partial charge < -0.3 is 20.9 Å². The second-order valence-electron chi connectivity index (χ2n) is 7.08. The van der Waals surface area contributed by atoms with Gasteiger partial charge >= 0.3 is 14.1 Å². The van der Waals surface area contributed by atoms with Crippen LogP contribution in [0.4, 0.5) is 11.8 Å². The molecular weight excluding hydrogens is 401 g/mol. The number of nitrogens with one attached hydrogen (secondary N) is 1. The van der Waals surface area contributed by atoms with E-state index in [0.29, 0.717) is 17.6 Å². The van der Waals surface area contributed by atoms with Crippen molar-refractivity contribution in [1.82, 2.24) is 24.6 Å². The summed E-state index contributed by atoms with van der Waals surface area (Å²) in [5.74, 6) is -0.118. The zero-order valence-corrected chi connectivity index (χ0v) is 17.3. The van der Waals surface area contributed by atoms with Crippen LogP contribution < -0.4 is 16.6 Å². The predicted octanol–water partition coefficient (Wildman–Crippen LogP) is 1.13. The molecule has 0 saturated carbocycles. The molecular formula is C16H25N7O5P+. The summed E-state index contributed by atoms with van der Waals surface area (Å²) in [6, 6.07) is 0. The van der Waals surface area contributed by atoms with Gasteiger partial charge in [0.15, 0.2) is 11.5 Å². The standard InChI is InChI=1S/C16H25N7O5P/c1-8(2)27-11(24)5-20-29(25)26-6-10-4-9(3)15(28-10)23-7-19-12-13(17)21-16(18)22-14(12)23/h7-10,15H,4-6H2,1-3H3,(H,20,25)(H4,17,18,21,22)/q+1. The van der Waals surface area contributed by atoms with Crippen molar-refractivity contribution < 1.29 is 23.4 Å². The van der Waals surface area contributed by atoms with Gasteiger partial charge in [0, 0.05) is 5.92 Å². The Kier molecular flexibility index (Phi) is 6.58. The van der Waals surface area contributed by atoms with Gasteiger partial charge in [0.1, 0.15) is 24.9 Å². The van der Waals surface area contributed by atoms with Crippen LogP contribution in [0.3, 0.4) is 0 Å². The van der Waals surface area contributed by atoms with Crippen LogP contribution in [0.25, 0.3) is 11.2 Å². The van der Waals surface area contributed by atoms with Crippen molar-refractivity contribution in [2.24, 2.45) is 5.92 Å². The van der Waals surface area contributed by atoms with Crippen LogP contribution in [0.1, 0.15) is 33.4 Å². The molecule has 3 rings (SSSR count). The molecule has 2 aromatic rings. The van der Waals surface area contributed by atoms with Gasteiger partial charge in [-0.15, -0.1) is 4.52 Å². The number of esters is 1. The van der Waals surface area contributed by atoms with E-state index in [1.54, 1.807) is 24.7 Å². The Morgan fingerprint density at radius 1 is 1.45 bits per heavy atom. The van der Waals surface area contributed by atoms with Crippen molar-refractivity contribution in [3.05, 3.63) is 6.33 Å². The number of nitrogens with two attached hydrogens (primary N) is 2. The molecule has 0 amide bonds. The highest BCUT2D eigenvalue weighted by molar-refractivity contribution is 7.36. The molecule has 158 valence electrons. The predicted molar refractivity (Wildman–Crippen MR) is 105 cm³/mol. The highest BCUT2D eigenvalue weighted by Crippen LogP contribution is 2.37. The summed E-state index contributed by atoms with van der Waals surface area (Å²) in [6.07, 6.45) is 1.39. The number of nitrogens with zero attached hydrogens (tertiary/aromatic N) is 4. The Bertz CT molecular complexity index is 905. The fourth-order valence-corrected chi connectivity index (χ4v) is 3.79. The fraction of sp³-hybridized carbons (Fsp3) is 0.625. The molecule has 13 heteroatoms. The van der Waals surface area contributed by atoms with Gasteiger partial charge in [-0.25, -0.2) is 4.98 Å². The minimum atomic E-state index is -2.22. The van der Waals surface area contributed by atoms with Crippen LogP contribution >= 0.6 is 8.18 Å². The maximum atomic E-state index is 11.9. The Hall–Kier alpha value is -2.40. The maximum absolute atomic E-state index is 11.9. The highest BCUT2D eigenvalue weighted by Gasteiger charge is 2.36. The molecule has 29 heavy (non-hydrogen) atoms. The van der Waals surface area contributed by atoms with Crippen LogP contribution in [0.2, 0.25) is 0 Å². The molecule has 12 nitrogen and oxygen atoms in total. The second-order valence-corrected chi connectivity index (χ2v) is 8.17. The van der Waals surface area contributed by atoms with E-state index in [9.17, 15) is 9.36 Å². The number of hydrogen-bond acceptors (Lipinski definition) is 10. The van der Waals surface area contributed by atoms with E-state index < -0.39 is 14.1 Å². The molecule has 0 radical (unpaired) electrons. The topological polar surface area (TPSA) is 169 Å². The number of carbonyl (C=O) groups excluding carboxylic acids is 1. The van der Waals surface area contributed by atoms with Gasteiger partial charge in [0.25, 0.3) is 0 Å². The average molecular weight is 426 g/mol. The molecule has 0 aliphatic carbocycles. The number of hydrogen-bond donors (Lipinski definition) is 3. The van der Waals surface area contributed by atoms with Gasteiger partial charge in [-0.3, -0.25) is 9.36 Å². The minimum Gasteiger partial charge on any atom is -0.462 e. The van der Waals surface area contributed by atoms with Gasteiger partial charge in [0.05, 0.1) is 18.5 Å². The lowest BCUT2D eigenvalue weighted by Crippen LogP contribution is -2.23. The molecule has 1 saturated heterocycles. The van der Waals surface area contributed by atoms with E-state index in [1.165, 1.54) is 0 Å². The number of imidazole rings is 1. The summed E-state index contributed by atoms with van der Waals surface area (Å²) >= 11 is 0. The monoisotopic (exact) mass is 426 g/mol. The second kappa shape index (κ2) is 8.95. The molecule has 4 atom stereocenters. The Balaban J connectivity index is 1.55. The Morgan fingerprint density at radius 3 is 2.93 bits per heavy atom. The van der Waals surface area contributed by atoms with Crippen LogP contribution in [0.5, 0.6) is 0 Å². The van der Waals surface area contributed by atoms with Crippen molar-refractivity contribution in [2.45, 2.75) is 45.6 Å². The van der Waals surface area contributed by atoms with Crippen LogP contribution in [0.15, 0.2) is 6.33 Å². The molecule has 0 bridgehead atoms. The molecule has 1 aliphatic rings. The van der Waals surface area contributed by atoms with E-state index in [2.05, 4.69) is 20.0 Å². The van der Waals surface area contributed by atoms with E-state index in [4.69, 9.17) is 25.5 Å². The van der Waals surface area contributed by atoms with Crippen molar-refractivity contribution >= 4 is 37.1 Å². The smallest absolute Gasteiger partial charge is 0.462 e. The molecule has 0 aromatic carbocycles. The first-order valence-electron chi connectivity index (χ1n) is 9.18. The van der Waals surface area contributed by atoms with E-state index in [1.807, 2.05) is 6.92 Å². The third kappa shape index (κ3) is 5.15. The van der Waals surface area contributed by atoms with Gasteiger partial charge in [-0.1, -0.05) is 12.0 Å². The zero-order chi connectivity index (χ0) is 21.1. The molecule has 1 fully saturated rings. The summed E-state index contributed by atoms with van der Waals surface area (Å²) in [5.41, 5.74) is 12.5. The number of fused-ring (bicyclic) bond motifs is 1. The summed E-state index contributed by atoms with van der Waals surface area (Å²) in [7, 11) is -2.22. The lowest BCUT2D eigenvalue weighted by molar-refractivity contribution is -0.145. The van der Waals surface area contributed by atoms with Crippen molar-refractivity contribution in [3.8, 4) is 0 Å². The maximum Gasteiger partial charge on any atom is 0.613 e. The van der Waals surface area contributed by atoms with E-state index in [0.717, 1.165) is 0 Å². The summed E-state index contributed by atoms with van der Waals surface area (Å²) < 4.78 is 30.0. The number of rotatable bonds is 8. The zero-order valence-electron chi connectivity index (χ0n) is 16.4. The van der Waals surface area contributed by atoms with E-state index in [-0.39, 0.29) is 49.3 Å². The minimum absolute atomic E-state index is 0.0568. The largest absolute Gasteiger partial charge is 0.613 e. The third-order valence-corrected chi connectivity index (χ3v) is 5.09. The fourth-order valence-electron chi connectivity index (χ4n) is 3.14. The molecule has 1 aliphatic heterocycles. The van der Waals surface area contributed by atoms with Crippen LogP contribution in [-0.2, 0) is 23.4 Å². The molecule has 2 aromatic heterocycles. The first kappa shape index (κ1) is 21.3. The quantitative estimate of drug-likeness (QED) is 0.408. The number of carbonyl (C=O) groups is 1.